The SMILES string of the molecule is CCCCCCCCC/C=C/CC/C=C/[C@@H](O)[C@H](CO[C@@H]1O[C@H](CO)[C@@H](O)[C@H](O)[C@H]1O)NC(=O)CCCCCCCCCCCCCCCCC. The van der Waals surface area contributed by atoms with Gasteiger partial charge in [-0.2, -0.15) is 0 Å². The van der Waals surface area contributed by atoms with Crippen molar-refractivity contribution >= 4 is 5.91 Å². The van der Waals surface area contributed by atoms with Gasteiger partial charge in [0.25, 0.3) is 0 Å². The van der Waals surface area contributed by atoms with Gasteiger partial charge in [-0.25, -0.2) is 0 Å². The van der Waals surface area contributed by atoms with Crippen LogP contribution in [0.2, 0.25) is 0 Å². The highest BCUT2D eigenvalue weighted by atomic mass is 16.7. The molecule has 300 valence electrons. The number of carbonyl (C=O) groups excluding carboxylic acids is 1. The van der Waals surface area contributed by atoms with Crippen LogP contribution < -0.4 is 5.32 Å². The van der Waals surface area contributed by atoms with Crippen molar-refractivity contribution in [1.29, 1.82) is 0 Å². The highest BCUT2D eigenvalue weighted by Gasteiger charge is 2.44. The zero-order valence-electron chi connectivity index (χ0n) is 32.6. The third-order valence-electron chi connectivity index (χ3n) is 10.0. The van der Waals surface area contributed by atoms with Crippen LogP contribution in [0, 0.1) is 0 Å². The summed E-state index contributed by atoms with van der Waals surface area (Å²) in [6.45, 7) is 3.73. The molecule has 51 heavy (non-hydrogen) atoms. The van der Waals surface area contributed by atoms with Gasteiger partial charge in [0.15, 0.2) is 6.29 Å². The molecule has 0 radical (unpaired) electrons. The molecule has 0 aliphatic carbocycles. The summed E-state index contributed by atoms with van der Waals surface area (Å²) in [4.78, 5) is 12.9. The minimum Gasteiger partial charge on any atom is -0.394 e. The fourth-order valence-corrected chi connectivity index (χ4v) is 6.58. The molecular weight excluding hydrogens is 646 g/mol. The summed E-state index contributed by atoms with van der Waals surface area (Å²) >= 11 is 0. The number of aliphatic hydroxyl groups is 5. The van der Waals surface area contributed by atoms with Crippen LogP contribution in [0.25, 0.3) is 0 Å². The van der Waals surface area contributed by atoms with Crippen LogP contribution in [-0.4, -0.2) is 87.5 Å². The lowest BCUT2D eigenvalue weighted by Crippen LogP contribution is -2.60. The molecule has 0 unspecified atom stereocenters. The maximum Gasteiger partial charge on any atom is 0.220 e. The molecule has 1 aliphatic rings. The average molecular weight is 726 g/mol. The van der Waals surface area contributed by atoms with Crippen LogP contribution >= 0.6 is 0 Å². The van der Waals surface area contributed by atoms with Crippen molar-refractivity contribution in [2.24, 2.45) is 0 Å². The summed E-state index contributed by atoms with van der Waals surface area (Å²) in [5, 5.41) is 54.0. The Labute approximate surface area is 311 Å². The van der Waals surface area contributed by atoms with Crippen LogP contribution in [0.5, 0.6) is 0 Å². The molecule has 9 nitrogen and oxygen atoms in total. The van der Waals surface area contributed by atoms with Crippen molar-refractivity contribution in [3.05, 3.63) is 24.3 Å². The fourth-order valence-electron chi connectivity index (χ4n) is 6.58. The number of amides is 1. The first-order valence-corrected chi connectivity index (χ1v) is 21.1. The van der Waals surface area contributed by atoms with Crippen molar-refractivity contribution in [1.82, 2.24) is 5.32 Å². The van der Waals surface area contributed by atoms with Crippen LogP contribution in [0.4, 0.5) is 0 Å². The maximum atomic E-state index is 12.9. The molecule has 0 bridgehead atoms. The summed E-state index contributed by atoms with van der Waals surface area (Å²) in [5.41, 5.74) is 0. The van der Waals surface area contributed by atoms with E-state index >= 15 is 0 Å². The molecule has 1 heterocycles. The molecule has 1 saturated heterocycles. The zero-order chi connectivity index (χ0) is 37.4. The normalized spacial score (nSPS) is 22.2. The van der Waals surface area contributed by atoms with Gasteiger partial charge in [-0.15, -0.1) is 0 Å². The monoisotopic (exact) mass is 726 g/mol. The van der Waals surface area contributed by atoms with E-state index in [2.05, 4.69) is 31.3 Å². The Bertz CT molecular complexity index is 853. The van der Waals surface area contributed by atoms with E-state index in [1.807, 2.05) is 6.08 Å². The average Bonchev–Trinajstić information content (AvgIpc) is 3.13. The highest BCUT2D eigenvalue weighted by Crippen LogP contribution is 2.22. The van der Waals surface area contributed by atoms with E-state index in [1.54, 1.807) is 6.08 Å². The van der Waals surface area contributed by atoms with Gasteiger partial charge in [-0.05, 0) is 32.1 Å². The quantitative estimate of drug-likeness (QED) is 0.0289. The molecule has 7 atom stereocenters. The fraction of sp³-hybridized carbons (Fsp3) is 0.881. The Morgan fingerprint density at radius 3 is 1.65 bits per heavy atom. The Kier molecular flexibility index (Phi) is 31.1. The second-order valence-electron chi connectivity index (χ2n) is 14.8. The lowest BCUT2D eigenvalue weighted by molar-refractivity contribution is -0.302. The van der Waals surface area contributed by atoms with Gasteiger partial charge in [0.2, 0.25) is 5.91 Å². The van der Waals surface area contributed by atoms with Gasteiger partial charge < -0.3 is 40.3 Å². The van der Waals surface area contributed by atoms with Gasteiger partial charge in [0.1, 0.15) is 24.4 Å². The molecule has 0 spiro atoms. The van der Waals surface area contributed by atoms with E-state index in [-0.39, 0.29) is 12.5 Å². The summed E-state index contributed by atoms with van der Waals surface area (Å²) in [5.74, 6) is -0.187. The minimum absolute atomic E-state index is 0.187. The summed E-state index contributed by atoms with van der Waals surface area (Å²) in [6.07, 6.45) is 30.7. The van der Waals surface area contributed by atoms with Crippen molar-refractivity contribution in [2.75, 3.05) is 13.2 Å². The minimum atomic E-state index is -1.57. The Morgan fingerprint density at radius 1 is 0.647 bits per heavy atom. The standard InChI is InChI=1S/C42H79NO8/c1-3-5-7-9-11-13-15-17-18-20-22-24-26-28-30-32-38(46)43-35(34-50-42-41(49)40(48)39(47)37(33-44)51-42)36(45)31-29-27-25-23-21-19-16-14-12-10-8-6-4-2/h21,23,29,31,35-37,39-42,44-45,47-49H,3-20,22,24-28,30,32-34H2,1-2H3,(H,43,46)/b23-21+,31-29+/t35-,36+,37+,39+,40-,41+,42+/m0/s1. The summed E-state index contributed by atoms with van der Waals surface area (Å²) in [6, 6.07) is -0.815. The largest absolute Gasteiger partial charge is 0.394 e. The third-order valence-corrected chi connectivity index (χ3v) is 10.0. The van der Waals surface area contributed by atoms with Crippen LogP contribution in [0.1, 0.15) is 181 Å². The second-order valence-corrected chi connectivity index (χ2v) is 14.8. The first-order chi connectivity index (χ1) is 24.8. The molecule has 1 rings (SSSR count). The number of ether oxygens (including phenoxy) is 2. The Morgan fingerprint density at radius 2 is 1.12 bits per heavy atom. The number of allylic oxidation sites excluding steroid dienone is 3. The molecule has 9 heteroatoms. The first kappa shape index (κ1) is 47.7. The summed E-state index contributed by atoms with van der Waals surface area (Å²) < 4.78 is 11.2. The highest BCUT2D eigenvalue weighted by molar-refractivity contribution is 5.76. The first-order valence-electron chi connectivity index (χ1n) is 21.1. The Balaban J connectivity index is 2.42. The van der Waals surface area contributed by atoms with Crippen LogP contribution in [0.15, 0.2) is 24.3 Å². The molecule has 0 aromatic heterocycles. The molecular formula is C42H79NO8. The predicted octanol–water partition coefficient (Wildman–Crippen LogP) is 7.94. The Hall–Kier alpha value is -1.33. The van der Waals surface area contributed by atoms with Gasteiger partial charge >= 0.3 is 0 Å². The number of rotatable bonds is 34. The zero-order valence-corrected chi connectivity index (χ0v) is 32.6. The molecule has 6 N–H and O–H groups in total. The summed E-state index contributed by atoms with van der Waals surface area (Å²) in [7, 11) is 0. The van der Waals surface area contributed by atoms with Gasteiger partial charge in [-0.3, -0.25) is 4.79 Å². The number of carbonyl (C=O) groups is 1. The molecule has 0 aromatic carbocycles. The van der Waals surface area contributed by atoms with Crippen molar-refractivity contribution in [2.45, 2.75) is 224 Å². The van der Waals surface area contributed by atoms with E-state index in [9.17, 15) is 30.3 Å². The van der Waals surface area contributed by atoms with E-state index in [4.69, 9.17) is 9.47 Å². The molecule has 0 aromatic rings. The number of hydrogen-bond donors (Lipinski definition) is 6. The van der Waals surface area contributed by atoms with Crippen molar-refractivity contribution < 1.29 is 39.8 Å². The molecule has 0 saturated carbocycles. The van der Waals surface area contributed by atoms with Gasteiger partial charge in [-0.1, -0.05) is 167 Å². The van der Waals surface area contributed by atoms with E-state index in [0.717, 1.165) is 38.5 Å². The maximum absolute atomic E-state index is 12.9. The van der Waals surface area contributed by atoms with E-state index < -0.39 is 49.5 Å². The van der Waals surface area contributed by atoms with E-state index in [0.29, 0.717) is 6.42 Å². The number of unbranched alkanes of at least 4 members (excludes halogenated alkanes) is 22. The number of aliphatic hydroxyl groups excluding tert-OH is 5. The lowest BCUT2D eigenvalue weighted by Gasteiger charge is -2.40. The van der Waals surface area contributed by atoms with Crippen molar-refractivity contribution in [3.8, 4) is 0 Å². The molecule has 1 fully saturated rings. The lowest BCUT2D eigenvalue weighted by atomic mass is 9.99. The third kappa shape index (κ3) is 24.6. The second kappa shape index (κ2) is 33.3. The topological polar surface area (TPSA) is 149 Å². The van der Waals surface area contributed by atoms with Crippen LogP contribution in [-0.2, 0) is 14.3 Å². The number of hydrogen-bond acceptors (Lipinski definition) is 8. The van der Waals surface area contributed by atoms with E-state index in [1.165, 1.54) is 122 Å². The van der Waals surface area contributed by atoms with Crippen molar-refractivity contribution in [3.63, 3.8) is 0 Å². The predicted molar refractivity (Wildman–Crippen MR) is 207 cm³/mol. The van der Waals surface area contributed by atoms with Gasteiger partial charge in [0.05, 0.1) is 25.4 Å². The molecule has 1 amide bonds. The van der Waals surface area contributed by atoms with Crippen LogP contribution in [0.3, 0.4) is 0 Å². The van der Waals surface area contributed by atoms with Gasteiger partial charge in [0, 0.05) is 6.42 Å². The smallest absolute Gasteiger partial charge is 0.220 e. The molecule has 1 aliphatic heterocycles. The number of nitrogens with one attached hydrogen (secondary N) is 1.